The van der Waals surface area contributed by atoms with Gasteiger partial charge < -0.3 is 14.4 Å². The van der Waals surface area contributed by atoms with Gasteiger partial charge >= 0.3 is 18.2 Å². The molecular weight excluding hydrogens is 623 g/mol. The van der Waals surface area contributed by atoms with E-state index in [4.69, 9.17) is 14.7 Å². The molecule has 3 fully saturated rings. The van der Waals surface area contributed by atoms with Crippen LogP contribution in [0.1, 0.15) is 77.8 Å². The lowest BCUT2D eigenvalue weighted by Crippen LogP contribution is -2.57. The molecule has 1 aromatic carbocycles. The van der Waals surface area contributed by atoms with Crippen LogP contribution in [0.25, 0.3) is 0 Å². The standard InChI is InChI=1S/C32H44F3N5O5S/c1-6-44-28(41)13-14-38-21(2)19-37(20-22(38)3)15-16-45-25-10-8-24(9-11-25)39-30(43)40(29(42)31(39,4)5)46-26-12-7-23(18-36)27(17-26)32(33,34)35/h7,12,17,21-22,24-25H,6,8-11,13-16,19-20H2,1-5H3/t21-,22+,24?,25?. The van der Waals surface area contributed by atoms with Crippen molar-refractivity contribution in [2.45, 2.75) is 108 Å². The number of piperazine rings is 1. The van der Waals surface area contributed by atoms with Crippen molar-refractivity contribution in [3.05, 3.63) is 29.3 Å². The lowest BCUT2D eigenvalue weighted by Gasteiger charge is -2.44. The lowest BCUT2D eigenvalue weighted by molar-refractivity contribution is -0.144. The van der Waals surface area contributed by atoms with E-state index in [1.165, 1.54) is 12.1 Å². The van der Waals surface area contributed by atoms with E-state index in [2.05, 4.69) is 23.6 Å². The number of hydrogen-bond donors (Lipinski definition) is 0. The van der Waals surface area contributed by atoms with Crippen molar-refractivity contribution in [2.24, 2.45) is 0 Å². The predicted molar refractivity (Wildman–Crippen MR) is 165 cm³/mol. The number of nitrogens with zero attached hydrogens (tertiary/aromatic N) is 5. The number of carbonyl (C=O) groups excluding carboxylic acids is 3. The van der Waals surface area contributed by atoms with Crippen LogP contribution in [0.15, 0.2) is 23.1 Å². The average molecular weight is 668 g/mol. The molecule has 0 aromatic heterocycles. The minimum atomic E-state index is -4.75. The van der Waals surface area contributed by atoms with E-state index in [-0.39, 0.29) is 23.0 Å². The maximum atomic E-state index is 13.5. The second-order valence-electron chi connectivity index (χ2n) is 12.8. The van der Waals surface area contributed by atoms with Gasteiger partial charge in [0.15, 0.2) is 0 Å². The van der Waals surface area contributed by atoms with Crippen LogP contribution in [0.5, 0.6) is 0 Å². The maximum absolute atomic E-state index is 13.5. The Morgan fingerprint density at radius 2 is 1.74 bits per heavy atom. The van der Waals surface area contributed by atoms with Gasteiger partial charge in [-0.2, -0.15) is 22.7 Å². The van der Waals surface area contributed by atoms with Crippen molar-refractivity contribution in [3.8, 4) is 6.07 Å². The summed E-state index contributed by atoms with van der Waals surface area (Å²) in [5.74, 6) is -0.665. The Kier molecular flexibility index (Phi) is 11.7. The quantitative estimate of drug-likeness (QED) is 0.177. The lowest BCUT2D eigenvalue weighted by atomic mass is 9.89. The summed E-state index contributed by atoms with van der Waals surface area (Å²) >= 11 is 0.648. The minimum Gasteiger partial charge on any atom is -0.466 e. The van der Waals surface area contributed by atoms with Crippen LogP contribution in [-0.2, 0) is 25.2 Å². The minimum absolute atomic E-state index is 0.0402. The van der Waals surface area contributed by atoms with Crippen molar-refractivity contribution in [3.63, 3.8) is 0 Å². The zero-order valence-corrected chi connectivity index (χ0v) is 28.0. The van der Waals surface area contributed by atoms with Crippen molar-refractivity contribution in [1.82, 2.24) is 19.0 Å². The number of amides is 3. The summed E-state index contributed by atoms with van der Waals surface area (Å²) in [6.07, 6.45) is -1.57. The molecule has 2 saturated heterocycles. The summed E-state index contributed by atoms with van der Waals surface area (Å²) in [6, 6.07) is 4.56. The monoisotopic (exact) mass is 667 g/mol. The molecular formula is C32H44F3N5O5S. The summed E-state index contributed by atoms with van der Waals surface area (Å²) in [6.45, 7) is 13.7. The van der Waals surface area contributed by atoms with Crippen LogP contribution >= 0.6 is 11.9 Å². The fourth-order valence-electron chi connectivity index (χ4n) is 6.85. The Morgan fingerprint density at radius 1 is 1.09 bits per heavy atom. The first-order valence-corrected chi connectivity index (χ1v) is 16.7. The molecule has 46 heavy (non-hydrogen) atoms. The number of carbonyl (C=O) groups is 3. The third-order valence-corrected chi connectivity index (χ3v) is 10.1. The van der Waals surface area contributed by atoms with E-state index in [0.717, 1.165) is 48.9 Å². The van der Waals surface area contributed by atoms with Gasteiger partial charge in [-0.1, -0.05) is 0 Å². The molecule has 10 nitrogen and oxygen atoms in total. The third kappa shape index (κ3) is 8.16. The Morgan fingerprint density at radius 3 is 2.33 bits per heavy atom. The number of urea groups is 1. The van der Waals surface area contributed by atoms with Gasteiger partial charge in [0.05, 0.1) is 42.9 Å². The number of rotatable bonds is 11. The van der Waals surface area contributed by atoms with Crippen molar-refractivity contribution in [1.29, 1.82) is 5.26 Å². The topological polar surface area (TPSA) is 106 Å². The molecule has 1 saturated carbocycles. The SMILES string of the molecule is CCOC(=O)CCN1[C@H](C)CN(CCOC2CCC(N3C(=O)N(Sc4ccc(C#N)c(C(F)(F)F)c4)C(=O)C3(C)C)CC2)C[C@@H]1C. The highest BCUT2D eigenvalue weighted by atomic mass is 32.2. The Balaban J connectivity index is 1.26. The first-order valence-electron chi connectivity index (χ1n) is 15.9. The van der Waals surface area contributed by atoms with Crippen molar-refractivity contribution in [2.75, 3.05) is 39.4 Å². The highest BCUT2D eigenvalue weighted by molar-refractivity contribution is 7.98. The number of benzene rings is 1. The largest absolute Gasteiger partial charge is 0.466 e. The summed E-state index contributed by atoms with van der Waals surface area (Å²) in [7, 11) is 0. The Bertz CT molecular complexity index is 1300. The van der Waals surface area contributed by atoms with Gasteiger partial charge in [0.1, 0.15) is 5.54 Å². The third-order valence-electron chi connectivity index (χ3n) is 9.13. The summed E-state index contributed by atoms with van der Waals surface area (Å²) in [5, 5.41) is 9.08. The first-order chi connectivity index (χ1) is 21.7. The smallest absolute Gasteiger partial charge is 0.417 e. The van der Waals surface area contributed by atoms with Crippen molar-refractivity contribution < 1.29 is 37.0 Å². The Hall–Kier alpha value is -2.86. The number of esters is 1. The fourth-order valence-corrected chi connectivity index (χ4v) is 7.83. The second kappa shape index (κ2) is 14.9. The molecule has 254 valence electrons. The number of alkyl halides is 3. The van der Waals surface area contributed by atoms with E-state index in [1.54, 1.807) is 18.7 Å². The molecule has 1 aliphatic carbocycles. The van der Waals surface area contributed by atoms with Gasteiger partial charge in [0.2, 0.25) is 0 Å². The van der Waals surface area contributed by atoms with Crippen LogP contribution in [-0.4, -0.2) is 106 Å². The number of halogens is 3. The molecule has 3 aliphatic rings. The van der Waals surface area contributed by atoms with Crippen LogP contribution < -0.4 is 0 Å². The maximum Gasteiger partial charge on any atom is 0.417 e. The van der Waals surface area contributed by atoms with Crippen molar-refractivity contribution >= 4 is 29.9 Å². The molecule has 14 heteroatoms. The van der Waals surface area contributed by atoms with E-state index in [1.807, 2.05) is 6.92 Å². The van der Waals surface area contributed by atoms with E-state index < -0.39 is 34.8 Å². The number of ether oxygens (including phenoxy) is 2. The van der Waals surface area contributed by atoms with Gasteiger partial charge in [-0.3, -0.25) is 19.4 Å². The molecule has 2 aliphatic heterocycles. The zero-order chi connectivity index (χ0) is 33.8. The average Bonchev–Trinajstić information content (AvgIpc) is 3.15. The summed E-state index contributed by atoms with van der Waals surface area (Å²) in [5.41, 5.74) is -2.79. The molecule has 0 N–H and O–H groups in total. The van der Waals surface area contributed by atoms with Gasteiger partial charge in [0, 0.05) is 49.2 Å². The van der Waals surface area contributed by atoms with E-state index in [0.29, 0.717) is 63.1 Å². The molecule has 2 atom stereocenters. The summed E-state index contributed by atoms with van der Waals surface area (Å²) < 4.78 is 52.7. The van der Waals surface area contributed by atoms with Gasteiger partial charge in [-0.05, 0) is 90.4 Å². The number of hydrogen-bond acceptors (Lipinski definition) is 9. The molecule has 1 aromatic rings. The van der Waals surface area contributed by atoms with Crippen LogP contribution in [0.4, 0.5) is 18.0 Å². The van der Waals surface area contributed by atoms with Gasteiger partial charge in [0.25, 0.3) is 5.91 Å². The van der Waals surface area contributed by atoms with E-state index >= 15 is 0 Å². The molecule has 2 heterocycles. The van der Waals surface area contributed by atoms with Crippen LogP contribution in [0, 0.1) is 11.3 Å². The summed E-state index contributed by atoms with van der Waals surface area (Å²) in [4.78, 5) is 45.0. The molecule has 3 amide bonds. The normalized spacial score (nSPS) is 26.0. The number of nitriles is 1. The van der Waals surface area contributed by atoms with Gasteiger partial charge in [-0.15, -0.1) is 0 Å². The fraction of sp³-hybridized carbons (Fsp3) is 0.688. The highest BCUT2D eigenvalue weighted by Crippen LogP contribution is 2.42. The predicted octanol–water partition coefficient (Wildman–Crippen LogP) is 5.30. The molecule has 4 rings (SSSR count). The number of imide groups is 1. The van der Waals surface area contributed by atoms with Gasteiger partial charge in [-0.25, -0.2) is 4.79 Å². The molecule has 0 radical (unpaired) electrons. The molecule has 0 unspecified atom stereocenters. The molecule has 0 bridgehead atoms. The molecule has 0 spiro atoms. The van der Waals surface area contributed by atoms with Crippen LogP contribution in [0.3, 0.4) is 0 Å². The first kappa shape index (κ1) is 36.0. The highest BCUT2D eigenvalue weighted by Gasteiger charge is 2.54. The zero-order valence-electron chi connectivity index (χ0n) is 27.1. The second-order valence-corrected chi connectivity index (χ2v) is 13.8. The van der Waals surface area contributed by atoms with Crippen LogP contribution in [0.2, 0.25) is 0 Å². The Labute approximate surface area is 273 Å². The van der Waals surface area contributed by atoms with E-state index in [9.17, 15) is 27.6 Å².